The third-order valence-corrected chi connectivity index (χ3v) is 4.68. The van der Waals surface area contributed by atoms with Crippen molar-refractivity contribution in [2.75, 3.05) is 18.1 Å². The van der Waals surface area contributed by atoms with Crippen molar-refractivity contribution >= 4 is 17.7 Å². The number of carbonyl (C=O) groups is 1. The van der Waals surface area contributed by atoms with E-state index in [-0.39, 0.29) is 17.8 Å². The monoisotopic (exact) mass is 368 g/mol. The van der Waals surface area contributed by atoms with Gasteiger partial charge in [-0.1, -0.05) is 24.3 Å². The van der Waals surface area contributed by atoms with Gasteiger partial charge in [0.15, 0.2) is 0 Å². The Morgan fingerprint density at radius 1 is 1.22 bits per heavy atom. The van der Waals surface area contributed by atoms with Gasteiger partial charge >= 0.3 is 0 Å². The van der Waals surface area contributed by atoms with Gasteiger partial charge in [-0.2, -0.15) is 0 Å². The maximum atomic E-state index is 13.6. The number of amides is 1. The van der Waals surface area contributed by atoms with Gasteiger partial charge in [-0.05, 0) is 50.6 Å². The van der Waals surface area contributed by atoms with Gasteiger partial charge in [-0.25, -0.2) is 4.39 Å². The fourth-order valence-electron chi connectivity index (χ4n) is 3.18. The summed E-state index contributed by atoms with van der Waals surface area (Å²) < 4.78 is 19.4. The summed E-state index contributed by atoms with van der Waals surface area (Å²) in [4.78, 5) is 14.5. The lowest BCUT2D eigenvalue weighted by molar-refractivity contribution is -0.117. The van der Waals surface area contributed by atoms with E-state index in [4.69, 9.17) is 4.74 Å². The zero-order valence-electron chi connectivity index (χ0n) is 15.9. The molecule has 1 aliphatic rings. The number of fused-ring (bicyclic) bond motifs is 1. The zero-order valence-corrected chi connectivity index (χ0v) is 15.9. The highest BCUT2D eigenvalue weighted by Gasteiger charge is 2.21. The first-order valence-corrected chi connectivity index (χ1v) is 9.22. The number of nitrogens with zero attached hydrogens (tertiary/aromatic N) is 1. The standard InChI is InChI=1S/C22H25FN2O2/c1-15(2)25-12-13-27-21-10-8-18(14-20(21)25)16(3)24-22(26)11-9-17-6-4-5-7-19(17)23/h4-11,14-16H,12-13H2,1-3H3,(H,24,26). The molecule has 0 aliphatic carbocycles. The summed E-state index contributed by atoms with van der Waals surface area (Å²) in [5.74, 6) is 0.259. The van der Waals surface area contributed by atoms with Crippen LogP contribution in [0, 0.1) is 5.82 Å². The van der Waals surface area contributed by atoms with E-state index in [1.165, 1.54) is 18.2 Å². The molecule has 1 atom stereocenters. The maximum Gasteiger partial charge on any atom is 0.244 e. The Morgan fingerprint density at radius 3 is 2.74 bits per heavy atom. The molecule has 0 aromatic heterocycles. The first kappa shape index (κ1) is 19.0. The normalized spacial score (nSPS) is 14.8. The van der Waals surface area contributed by atoms with Crippen LogP contribution in [0.3, 0.4) is 0 Å². The molecule has 142 valence electrons. The maximum absolute atomic E-state index is 13.6. The number of ether oxygens (including phenoxy) is 1. The van der Waals surface area contributed by atoms with Gasteiger partial charge in [0.1, 0.15) is 18.2 Å². The smallest absolute Gasteiger partial charge is 0.244 e. The minimum atomic E-state index is -0.349. The van der Waals surface area contributed by atoms with E-state index in [2.05, 4.69) is 30.1 Å². The number of hydrogen-bond acceptors (Lipinski definition) is 3. The summed E-state index contributed by atoms with van der Waals surface area (Å²) in [5.41, 5.74) is 2.44. The van der Waals surface area contributed by atoms with Crippen LogP contribution in [-0.2, 0) is 4.79 Å². The lowest BCUT2D eigenvalue weighted by atomic mass is 10.0. The molecule has 27 heavy (non-hydrogen) atoms. The molecule has 1 heterocycles. The van der Waals surface area contributed by atoms with Gasteiger partial charge in [0.2, 0.25) is 5.91 Å². The van der Waals surface area contributed by atoms with Crippen LogP contribution in [0.5, 0.6) is 5.75 Å². The van der Waals surface area contributed by atoms with Crippen molar-refractivity contribution in [3.8, 4) is 5.75 Å². The summed E-state index contributed by atoms with van der Waals surface area (Å²) in [6.07, 6.45) is 2.84. The SMILES string of the molecule is CC(NC(=O)C=Cc1ccccc1F)c1ccc2c(c1)N(C(C)C)CCO2. The van der Waals surface area contributed by atoms with Crippen LogP contribution in [0.1, 0.15) is 37.9 Å². The topological polar surface area (TPSA) is 41.6 Å². The number of anilines is 1. The molecule has 2 aromatic carbocycles. The van der Waals surface area contributed by atoms with E-state index >= 15 is 0 Å². The van der Waals surface area contributed by atoms with E-state index in [1.54, 1.807) is 18.2 Å². The predicted molar refractivity (Wildman–Crippen MR) is 106 cm³/mol. The van der Waals surface area contributed by atoms with Crippen LogP contribution in [0.25, 0.3) is 6.08 Å². The summed E-state index contributed by atoms with van der Waals surface area (Å²) in [6, 6.07) is 12.5. The Hall–Kier alpha value is -2.82. The molecule has 3 rings (SSSR count). The summed E-state index contributed by atoms with van der Waals surface area (Å²) >= 11 is 0. The van der Waals surface area contributed by atoms with Crippen LogP contribution in [0.15, 0.2) is 48.5 Å². The van der Waals surface area contributed by atoms with Crippen LogP contribution in [0.2, 0.25) is 0 Å². The number of carbonyl (C=O) groups excluding carboxylic acids is 1. The molecule has 0 saturated carbocycles. The van der Waals surface area contributed by atoms with Crippen molar-refractivity contribution in [3.05, 3.63) is 65.5 Å². The fraction of sp³-hybridized carbons (Fsp3) is 0.318. The largest absolute Gasteiger partial charge is 0.490 e. The minimum Gasteiger partial charge on any atom is -0.490 e. The fourth-order valence-corrected chi connectivity index (χ4v) is 3.18. The van der Waals surface area contributed by atoms with Crippen LogP contribution >= 0.6 is 0 Å². The number of halogens is 1. The van der Waals surface area contributed by atoms with Gasteiger partial charge in [-0.15, -0.1) is 0 Å². The number of hydrogen-bond donors (Lipinski definition) is 1. The third-order valence-electron chi connectivity index (χ3n) is 4.68. The molecule has 0 bridgehead atoms. The Kier molecular flexibility index (Phi) is 5.79. The molecule has 1 N–H and O–H groups in total. The van der Waals surface area contributed by atoms with Gasteiger partial charge in [0, 0.05) is 17.7 Å². The molecule has 4 nitrogen and oxygen atoms in total. The van der Waals surface area contributed by atoms with Crippen molar-refractivity contribution in [1.29, 1.82) is 0 Å². The summed E-state index contributed by atoms with van der Waals surface area (Å²) in [6.45, 7) is 7.76. The van der Waals surface area contributed by atoms with Crippen molar-refractivity contribution in [2.24, 2.45) is 0 Å². The molecular weight excluding hydrogens is 343 g/mol. The summed E-state index contributed by atoms with van der Waals surface area (Å²) in [5, 5.41) is 2.93. The zero-order chi connectivity index (χ0) is 19.4. The molecule has 5 heteroatoms. The molecular formula is C22H25FN2O2. The second-order valence-corrected chi connectivity index (χ2v) is 6.95. The number of nitrogens with one attached hydrogen (secondary N) is 1. The van der Waals surface area contributed by atoms with E-state index in [0.717, 1.165) is 23.5 Å². The van der Waals surface area contributed by atoms with Crippen molar-refractivity contribution in [1.82, 2.24) is 5.32 Å². The third kappa shape index (κ3) is 4.48. The predicted octanol–water partition coefficient (Wildman–Crippen LogP) is 4.32. The Bertz CT molecular complexity index is 848. The second kappa shape index (κ2) is 8.25. The van der Waals surface area contributed by atoms with Crippen molar-refractivity contribution in [3.63, 3.8) is 0 Å². The average Bonchev–Trinajstić information content (AvgIpc) is 2.66. The Balaban J connectivity index is 1.71. The Morgan fingerprint density at radius 2 is 2.00 bits per heavy atom. The molecule has 0 fully saturated rings. The van der Waals surface area contributed by atoms with Gasteiger partial charge < -0.3 is 15.0 Å². The molecule has 2 aromatic rings. The average molecular weight is 368 g/mol. The van der Waals surface area contributed by atoms with Gasteiger partial charge in [-0.3, -0.25) is 4.79 Å². The highest BCUT2D eigenvalue weighted by Crippen LogP contribution is 2.35. The highest BCUT2D eigenvalue weighted by atomic mass is 19.1. The number of benzene rings is 2. The molecule has 0 saturated heterocycles. The lowest BCUT2D eigenvalue weighted by Crippen LogP contribution is -2.38. The molecule has 1 unspecified atom stereocenters. The molecule has 1 amide bonds. The van der Waals surface area contributed by atoms with E-state index in [0.29, 0.717) is 18.2 Å². The van der Waals surface area contributed by atoms with Crippen LogP contribution in [0.4, 0.5) is 10.1 Å². The van der Waals surface area contributed by atoms with Gasteiger partial charge in [0.05, 0.1) is 18.3 Å². The first-order chi connectivity index (χ1) is 13.0. The van der Waals surface area contributed by atoms with Gasteiger partial charge in [0.25, 0.3) is 0 Å². The molecule has 1 aliphatic heterocycles. The Labute approximate surface area is 159 Å². The van der Waals surface area contributed by atoms with E-state index in [1.807, 2.05) is 19.1 Å². The minimum absolute atomic E-state index is 0.177. The summed E-state index contributed by atoms with van der Waals surface area (Å²) in [7, 11) is 0. The van der Waals surface area contributed by atoms with Crippen LogP contribution in [-0.4, -0.2) is 25.1 Å². The molecule has 0 spiro atoms. The lowest BCUT2D eigenvalue weighted by Gasteiger charge is -2.35. The molecule has 0 radical (unpaired) electrons. The van der Waals surface area contributed by atoms with E-state index in [9.17, 15) is 9.18 Å². The number of rotatable bonds is 5. The first-order valence-electron chi connectivity index (χ1n) is 9.22. The van der Waals surface area contributed by atoms with Crippen molar-refractivity contribution in [2.45, 2.75) is 32.9 Å². The van der Waals surface area contributed by atoms with E-state index < -0.39 is 0 Å². The van der Waals surface area contributed by atoms with Crippen LogP contribution < -0.4 is 15.0 Å². The highest BCUT2D eigenvalue weighted by molar-refractivity contribution is 5.92. The quantitative estimate of drug-likeness (QED) is 0.799. The second-order valence-electron chi connectivity index (χ2n) is 6.95. The van der Waals surface area contributed by atoms with Crippen molar-refractivity contribution < 1.29 is 13.9 Å².